The molecule has 3 aromatic heterocycles. The predicted octanol–water partition coefficient (Wildman–Crippen LogP) is 3.79. The number of hydrogen-bond acceptors (Lipinski definition) is 3. The van der Waals surface area contributed by atoms with E-state index in [0.29, 0.717) is 6.54 Å². The first-order valence-corrected chi connectivity index (χ1v) is 7.37. The smallest absolute Gasteiger partial charge is 0.160 e. The van der Waals surface area contributed by atoms with Crippen molar-refractivity contribution in [2.75, 3.05) is 0 Å². The van der Waals surface area contributed by atoms with E-state index in [9.17, 15) is 0 Å². The fourth-order valence-corrected chi connectivity index (χ4v) is 2.59. The number of aryl methyl sites for hydroxylation is 2. The molecule has 108 valence electrons. The molecule has 3 heterocycles. The monoisotopic (exact) mass is 300 g/mol. The Kier molecular flexibility index (Phi) is 3.64. The molecule has 0 aliphatic rings. The van der Waals surface area contributed by atoms with E-state index in [1.165, 1.54) is 5.56 Å². The van der Waals surface area contributed by atoms with Gasteiger partial charge in [-0.05, 0) is 50.1 Å². The van der Waals surface area contributed by atoms with Gasteiger partial charge in [0.1, 0.15) is 11.3 Å². The lowest BCUT2D eigenvalue weighted by Gasteiger charge is -2.11. The molecule has 0 radical (unpaired) electrons. The number of imidazole rings is 1. The quantitative estimate of drug-likeness (QED) is 0.691. The van der Waals surface area contributed by atoms with Crippen molar-refractivity contribution >= 4 is 22.8 Å². The third kappa shape index (κ3) is 2.63. The number of nitrogens with zero attached hydrogens (tertiary/aromatic N) is 4. The van der Waals surface area contributed by atoms with E-state index < -0.39 is 0 Å². The first kappa shape index (κ1) is 14.0. The summed E-state index contributed by atoms with van der Waals surface area (Å²) in [5.74, 6) is 0.848. The highest BCUT2D eigenvalue weighted by molar-refractivity contribution is 6.20. The minimum Gasteiger partial charge on any atom is -0.307 e. The van der Waals surface area contributed by atoms with Crippen LogP contribution in [0.15, 0.2) is 30.6 Å². The van der Waals surface area contributed by atoms with Crippen LogP contribution < -0.4 is 0 Å². The van der Waals surface area contributed by atoms with E-state index in [1.807, 2.05) is 44.4 Å². The Morgan fingerprint density at radius 3 is 2.71 bits per heavy atom. The van der Waals surface area contributed by atoms with E-state index >= 15 is 0 Å². The van der Waals surface area contributed by atoms with E-state index in [-0.39, 0.29) is 5.38 Å². The number of fused-ring (bicyclic) bond motifs is 1. The maximum absolute atomic E-state index is 6.30. The van der Waals surface area contributed by atoms with Crippen molar-refractivity contribution in [1.82, 2.24) is 19.5 Å². The van der Waals surface area contributed by atoms with Crippen LogP contribution in [0.3, 0.4) is 0 Å². The molecule has 3 aromatic rings. The SMILES string of the molecule is Cc1ccc2nc(C(C)Cl)n(Cc3ccncc3C)c2n1. The molecule has 1 unspecified atom stereocenters. The molecule has 0 bridgehead atoms. The van der Waals surface area contributed by atoms with E-state index in [4.69, 9.17) is 11.6 Å². The molecule has 0 aliphatic heterocycles. The van der Waals surface area contributed by atoms with E-state index in [2.05, 4.69) is 26.4 Å². The average Bonchev–Trinajstić information content (AvgIpc) is 2.80. The highest BCUT2D eigenvalue weighted by Crippen LogP contribution is 2.25. The van der Waals surface area contributed by atoms with Gasteiger partial charge in [0.2, 0.25) is 0 Å². The fourth-order valence-electron chi connectivity index (χ4n) is 2.42. The van der Waals surface area contributed by atoms with Crippen LogP contribution in [0.5, 0.6) is 0 Å². The van der Waals surface area contributed by atoms with Gasteiger partial charge in [-0.25, -0.2) is 9.97 Å². The van der Waals surface area contributed by atoms with Gasteiger partial charge in [-0.2, -0.15) is 0 Å². The van der Waals surface area contributed by atoms with Crippen LogP contribution in [-0.2, 0) is 6.54 Å². The highest BCUT2D eigenvalue weighted by atomic mass is 35.5. The third-order valence-electron chi connectivity index (χ3n) is 3.58. The van der Waals surface area contributed by atoms with Crippen LogP contribution in [0, 0.1) is 13.8 Å². The lowest BCUT2D eigenvalue weighted by Crippen LogP contribution is -2.08. The number of rotatable bonds is 3. The number of hydrogen-bond donors (Lipinski definition) is 0. The average molecular weight is 301 g/mol. The van der Waals surface area contributed by atoms with Crippen molar-refractivity contribution in [3.63, 3.8) is 0 Å². The second-order valence-corrected chi connectivity index (χ2v) is 5.92. The van der Waals surface area contributed by atoms with Gasteiger partial charge in [0.05, 0.1) is 11.9 Å². The summed E-state index contributed by atoms with van der Waals surface area (Å²) in [4.78, 5) is 13.4. The Morgan fingerprint density at radius 1 is 1.19 bits per heavy atom. The molecule has 0 aliphatic carbocycles. The number of aromatic nitrogens is 4. The topological polar surface area (TPSA) is 43.6 Å². The van der Waals surface area contributed by atoms with Crippen molar-refractivity contribution in [3.05, 3.63) is 53.2 Å². The minimum absolute atomic E-state index is 0.165. The minimum atomic E-state index is -0.165. The van der Waals surface area contributed by atoms with Crippen molar-refractivity contribution in [2.24, 2.45) is 0 Å². The molecular formula is C16H17ClN4. The Morgan fingerprint density at radius 2 is 2.00 bits per heavy atom. The summed E-state index contributed by atoms with van der Waals surface area (Å²) in [7, 11) is 0. The van der Waals surface area contributed by atoms with Crippen molar-refractivity contribution < 1.29 is 0 Å². The molecule has 4 nitrogen and oxygen atoms in total. The highest BCUT2D eigenvalue weighted by Gasteiger charge is 2.16. The van der Waals surface area contributed by atoms with Crippen molar-refractivity contribution in [2.45, 2.75) is 32.7 Å². The van der Waals surface area contributed by atoms with Crippen molar-refractivity contribution in [3.8, 4) is 0 Å². The lowest BCUT2D eigenvalue weighted by molar-refractivity contribution is 0.731. The standard InChI is InChI=1S/C16H17ClN4/c1-10-8-18-7-6-13(10)9-21-15(12(3)17)20-14-5-4-11(2)19-16(14)21/h4-8,12H,9H2,1-3H3. The molecule has 0 saturated heterocycles. The summed E-state index contributed by atoms with van der Waals surface area (Å²) in [6, 6.07) is 6.00. The summed E-state index contributed by atoms with van der Waals surface area (Å²) in [6.07, 6.45) is 3.68. The number of pyridine rings is 2. The summed E-state index contributed by atoms with van der Waals surface area (Å²) in [5, 5.41) is -0.165. The molecule has 0 aromatic carbocycles. The Bertz CT molecular complexity index is 792. The Balaban J connectivity index is 2.17. The largest absolute Gasteiger partial charge is 0.307 e. The summed E-state index contributed by atoms with van der Waals surface area (Å²) in [6.45, 7) is 6.68. The van der Waals surface area contributed by atoms with Crippen LogP contribution in [0.1, 0.15) is 34.9 Å². The van der Waals surface area contributed by atoms with Gasteiger partial charge in [0, 0.05) is 18.1 Å². The summed E-state index contributed by atoms with van der Waals surface area (Å²) < 4.78 is 2.10. The van der Waals surface area contributed by atoms with Crippen LogP contribution >= 0.6 is 11.6 Å². The molecule has 0 spiro atoms. The van der Waals surface area contributed by atoms with Gasteiger partial charge in [-0.3, -0.25) is 4.98 Å². The van der Waals surface area contributed by atoms with Crippen LogP contribution in [-0.4, -0.2) is 19.5 Å². The van der Waals surface area contributed by atoms with E-state index in [1.54, 1.807) is 0 Å². The zero-order valence-electron chi connectivity index (χ0n) is 12.3. The normalized spacial score (nSPS) is 12.8. The molecular weight excluding hydrogens is 284 g/mol. The molecule has 21 heavy (non-hydrogen) atoms. The summed E-state index contributed by atoms with van der Waals surface area (Å²) in [5.41, 5.74) is 5.10. The zero-order valence-corrected chi connectivity index (χ0v) is 13.1. The second kappa shape index (κ2) is 5.45. The van der Waals surface area contributed by atoms with E-state index in [0.717, 1.165) is 28.2 Å². The maximum Gasteiger partial charge on any atom is 0.160 e. The lowest BCUT2D eigenvalue weighted by atomic mass is 10.1. The number of halogens is 1. The zero-order chi connectivity index (χ0) is 15.0. The fraction of sp³-hybridized carbons (Fsp3) is 0.312. The van der Waals surface area contributed by atoms with Gasteiger partial charge in [0.25, 0.3) is 0 Å². The molecule has 3 rings (SSSR count). The molecule has 1 atom stereocenters. The third-order valence-corrected chi connectivity index (χ3v) is 3.78. The number of alkyl halides is 1. The molecule has 0 fully saturated rings. The Hall–Kier alpha value is -1.94. The van der Waals surface area contributed by atoms with Gasteiger partial charge in [-0.1, -0.05) is 0 Å². The second-order valence-electron chi connectivity index (χ2n) is 5.27. The van der Waals surface area contributed by atoms with Gasteiger partial charge < -0.3 is 4.57 Å². The van der Waals surface area contributed by atoms with Crippen LogP contribution in [0.25, 0.3) is 11.2 Å². The molecule has 0 N–H and O–H groups in total. The van der Waals surface area contributed by atoms with Gasteiger partial charge in [0.15, 0.2) is 5.65 Å². The van der Waals surface area contributed by atoms with Crippen LogP contribution in [0.2, 0.25) is 0 Å². The first-order valence-electron chi connectivity index (χ1n) is 6.93. The predicted molar refractivity (Wildman–Crippen MR) is 84.6 cm³/mol. The molecule has 5 heteroatoms. The van der Waals surface area contributed by atoms with Gasteiger partial charge >= 0.3 is 0 Å². The first-order chi connectivity index (χ1) is 10.1. The maximum atomic E-state index is 6.30. The van der Waals surface area contributed by atoms with Crippen LogP contribution in [0.4, 0.5) is 0 Å². The van der Waals surface area contributed by atoms with Crippen molar-refractivity contribution in [1.29, 1.82) is 0 Å². The Labute approximate surface area is 128 Å². The summed E-state index contributed by atoms with van der Waals surface area (Å²) >= 11 is 6.30. The molecule has 0 amide bonds. The molecule has 0 saturated carbocycles. The van der Waals surface area contributed by atoms with Gasteiger partial charge in [-0.15, -0.1) is 11.6 Å².